The fourth-order valence-corrected chi connectivity index (χ4v) is 5.37. The molecule has 3 aromatic rings. The topological polar surface area (TPSA) is 81.7 Å². The summed E-state index contributed by atoms with van der Waals surface area (Å²) in [6.45, 7) is 1.95. The van der Waals surface area contributed by atoms with E-state index in [1.807, 2.05) is 31.2 Å². The van der Waals surface area contributed by atoms with Gasteiger partial charge in [-0.25, -0.2) is 8.42 Å². The molecular weight excluding hydrogens is 438 g/mol. The zero-order valence-electron chi connectivity index (χ0n) is 19.1. The predicted octanol–water partition coefficient (Wildman–Crippen LogP) is 4.99. The number of hydrogen-bond donors (Lipinski definition) is 1. The van der Waals surface area contributed by atoms with Crippen molar-refractivity contribution in [1.29, 1.82) is 0 Å². The van der Waals surface area contributed by atoms with E-state index in [0.29, 0.717) is 29.2 Å². The highest BCUT2D eigenvalue weighted by Crippen LogP contribution is 2.35. The van der Waals surface area contributed by atoms with E-state index >= 15 is 0 Å². The quantitative estimate of drug-likeness (QED) is 0.454. The van der Waals surface area contributed by atoms with Gasteiger partial charge in [0.25, 0.3) is 0 Å². The molecule has 6 nitrogen and oxygen atoms in total. The number of aryl methyl sites for hydroxylation is 1. The normalized spacial score (nSPS) is 12.1. The van der Waals surface area contributed by atoms with Gasteiger partial charge in [-0.3, -0.25) is 4.79 Å². The summed E-state index contributed by atoms with van der Waals surface area (Å²) in [5.41, 5.74) is 2.45. The van der Waals surface area contributed by atoms with Crippen LogP contribution >= 0.6 is 0 Å². The number of nitrogens with one attached hydrogen (secondary N) is 1. The molecule has 0 aliphatic heterocycles. The molecule has 3 rings (SSSR count). The van der Waals surface area contributed by atoms with Crippen LogP contribution < -0.4 is 14.8 Å². The van der Waals surface area contributed by atoms with Crippen molar-refractivity contribution in [1.82, 2.24) is 0 Å². The number of methoxy groups -OCH3 is 2. The smallest absolute Gasteiger partial charge is 0.224 e. The van der Waals surface area contributed by atoms with Crippen LogP contribution in [-0.2, 0) is 14.6 Å². The molecule has 0 fully saturated rings. The third kappa shape index (κ3) is 6.58. The fourth-order valence-electron chi connectivity index (χ4n) is 3.73. The van der Waals surface area contributed by atoms with Gasteiger partial charge < -0.3 is 14.8 Å². The van der Waals surface area contributed by atoms with Gasteiger partial charge in [0, 0.05) is 23.6 Å². The summed E-state index contributed by atoms with van der Waals surface area (Å²) in [5.74, 6) is 0.353. The number of hydrogen-bond acceptors (Lipinski definition) is 5. The maximum atomic E-state index is 13.2. The molecule has 1 amide bonds. The van der Waals surface area contributed by atoms with Crippen molar-refractivity contribution in [2.75, 3.05) is 25.3 Å². The number of benzene rings is 3. The van der Waals surface area contributed by atoms with Crippen LogP contribution in [0.1, 0.15) is 29.9 Å². The van der Waals surface area contributed by atoms with Crippen molar-refractivity contribution < 1.29 is 22.7 Å². The molecule has 0 aromatic heterocycles. The molecule has 3 aromatic carbocycles. The van der Waals surface area contributed by atoms with Crippen molar-refractivity contribution in [3.8, 4) is 11.5 Å². The third-order valence-corrected chi connectivity index (χ3v) is 7.25. The first-order chi connectivity index (χ1) is 15.8. The molecule has 0 saturated heterocycles. The maximum absolute atomic E-state index is 13.2. The summed E-state index contributed by atoms with van der Waals surface area (Å²) >= 11 is 0. The average Bonchev–Trinajstić information content (AvgIpc) is 2.82. The van der Waals surface area contributed by atoms with E-state index in [4.69, 9.17) is 9.47 Å². The Morgan fingerprint density at radius 3 is 2.36 bits per heavy atom. The van der Waals surface area contributed by atoms with E-state index < -0.39 is 15.8 Å². The van der Waals surface area contributed by atoms with E-state index in [1.165, 1.54) is 0 Å². The van der Waals surface area contributed by atoms with Crippen LogP contribution in [0.2, 0.25) is 0 Å². The van der Waals surface area contributed by atoms with E-state index in [-0.39, 0.29) is 23.0 Å². The molecule has 0 saturated carbocycles. The summed E-state index contributed by atoms with van der Waals surface area (Å²) in [4.78, 5) is 12.9. The summed E-state index contributed by atoms with van der Waals surface area (Å²) in [6, 6.07) is 21.2. The lowest BCUT2D eigenvalue weighted by Gasteiger charge is -2.21. The molecule has 174 valence electrons. The number of ether oxygens (including phenoxy) is 2. The van der Waals surface area contributed by atoms with Crippen molar-refractivity contribution in [3.05, 3.63) is 83.9 Å². The summed E-state index contributed by atoms with van der Waals surface area (Å²) in [7, 11) is -0.500. The van der Waals surface area contributed by atoms with Crippen molar-refractivity contribution >= 4 is 21.4 Å². The van der Waals surface area contributed by atoms with Crippen LogP contribution in [0, 0.1) is 6.92 Å². The Hall–Kier alpha value is -3.32. The van der Waals surface area contributed by atoms with E-state index in [1.54, 1.807) is 62.8 Å². The minimum Gasteiger partial charge on any atom is -0.497 e. The Kier molecular flexibility index (Phi) is 8.11. The van der Waals surface area contributed by atoms with Gasteiger partial charge in [0.1, 0.15) is 11.5 Å². The highest BCUT2D eigenvalue weighted by Gasteiger charge is 2.26. The molecule has 7 heteroatoms. The first-order valence-electron chi connectivity index (χ1n) is 10.7. The number of sulfone groups is 1. The van der Waals surface area contributed by atoms with Crippen LogP contribution in [0.5, 0.6) is 11.5 Å². The Balaban J connectivity index is 1.86. The maximum Gasteiger partial charge on any atom is 0.224 e. The summed E-state index contributed by atoms with van der Waals surface area (Å²) in [5, 5.41) is 2.89. The third-order valence-electron chi connectivity index (χ3n) is 5.42. The first-order valence-corrected chi connectivity index (χ1v) is 12.3. The number of anilines is 1. The van der Waals surface area contributed by atoms with Gasteiger partial charge in [0.2, 0.25) is 5.91 Å². The van der Waals surface area contributed by atoms with Crippen molar-refractivity contribution in [2.24, 2.45) is 0 Å². The number of carbonyl (C=O) groups is 1. The Morgan fingerprint density at radius 1 is 0.939 bits per heavy atom. The number of carbonyl (C=O) groups excluding carboxylic acids is 1. The Morgan fingerprint density at radius 2 is 1.70 bits per heavy atom. The molecule has 1 unspecified atom stereocenters. The molecule has 0 spiro atoms. The molecular formula is C26H29NO5S. The van der Waals surface area contributed by atoms with Gasteiger partial charge >= 0.3 is 0 Å². The molecule has 0 radical (unpaired) electrons. The van der Waals surface area contributed by atoms with Crippen LogP contribution in [0.15, 0.2) is 77.7 Å². The monoisotopic (exact) mass is 467 g/mol. The largest absolute Gasteiger partial charge is 0.497 e. The van der Waals surface area contributed by atoms with Gasteiger partial charge in [-0.2, -0.15) is 0 Å². The highest BCUT2D eigenvalue weighted by atomic mass is 32.2. The van der Waals surface area contributed by atoms with Gasteiger partial charge in [-0.05, 0) is 61.4 Å². The predicted molar refractivity (Wildman–Crippen MR) is 130 cm³/mol. The summed E-state index contributed by atoms with van der Waals surface area (Å²) in [6.07, 6.45) is 0.483. The van der Waals surface area contributed by atoms with E-state index in [2.05, 4.69) is 5.32 Å². The SMILES string of the molecule is COc1ccc(OC)c(C(CCC(=O)Nc2cccc(C)c2)CS(=O)(=O)c2ccccc2)c1. The Bertz CT molecular complexity index is 1190. The lowest BCUT2D eigenvalue weighted by molar-refractivity contribution is -0.116. The molecule has 0 bridgehead atoms. The molecule has 1 atom stereocenters. The Labute approximate surface area is 195 Å². The van der Waals surface area contributed by atoms with Crippen molar-refractivity contribution in [2.45, 2.75) is 30.6 Å². The lowest BCUT2D eigenvalue weighted by Crippen LogP contribution is -2.19. The molecule has 0 aliphatic carbocycles. The second kappa shape index (κ2) is 11.0. The average molecular weight is 468 g/mol. The second-order valence-electron chi connectivity index (χ2n) is 7.86. The van der Waals surface area contributed by atoms with Gasteiger partial charge in [-0.15, -0.1) is 0 Å². The van der Waals surface area contributed by atoms with Crippen LogP contribution in [0.4, 0.5) is 5.69 Å². The number of rotatable bonds is 10. The van der Waals surface area contributed by atoms with Crippen LogP contribution in [0.25, 0.3) is 0 Å². The van der Waals surface area contributed by atoms with Gasteiger partial charge in [0.15, 0.2) is 9.84 Å². The molecule has 33 heavy (non-hydrogen) atoms. The second-order valence-corrected chi connectivity index (χ2v) is 9.89. The van der Waals surface area contributed by atoms with E-state index in [0.717, 1.165) is 5.56 Å². The first kappa shape index (κ1) is 24.3. The van der Waals surface area contributed by atoms with Crippen molar-refractivity contribution in [3.63, 3.8) is 0 Å². The van der Waals surface area contributed by atoms with E-state index in [9.17, 15) is 13.2 Å². The summed E-state index contributed by atoms with van der Waals surface area (Å²) < 4.78 is 37.2. The van der Waals surface area contributed by atoms with Gasteiger partial charge in [-0.1, -0.05) is 30.3 Å². The highest BCUT2D eigenvalue weighted by molar-refractivity contribution is 7.91. The molecule has 1 N–H and O–H groups in total. The zero-order chi connectivity index (χ0) is 23.8. The standard InChI is InChI=1S/C26H29NO5S/c1-19-8-7-9-21(16-19)27-26(28)15-12-20(18-33(29,30)23-10-5-4-6-11-23)24-17-22(31-2)13-14-25(24)32-3/h4-11,13-14,16-17,20H,12,15,18H2,1-3H3,(H,27,28). The minimum atomic E-state index is -3.59. The van der Waals surface area contributed by atoms with Gasteiger partial charge in [0.05, 0.1) is 24.9 Å². The lowest BCUT2D eigenvalue weighted by atomic mass is 9.94. The minimum absolute atomic E-state index is 0.154. The van der Waals surface area contributed by atoms with Crippen LogP contribution in [-0.4, -0.2) is 34.3 Å². The zero-order valence-corrected chi connectivity index (χ0v) is 19.9. The fraction of sp³-hybridized carbons (Fsp3) is 0.269. The number of amides is 1. The molecule has 0 aliphatic rings. The molecule has 0 heterocycles. The van der Waals surface area contributed by atoms with Crippen LogP contribution in [0.3, 0.4) is 0 Å².